The Balaban J connectivity index is 1.40. The minimum absolute atomic E-state index is 0.0336. The second-order valence-corrected chi connectivity index (χ2v) is 8.27. The van der Waals surface area contributed by atoms with Gasteiger partial charge in [0.1, 0.15) is 18.1 Å². The summed E-state index contributed by atoms with van der Waals surface area (Å²) < 4.78 is 6.74. The third-order valence-electron chi connectivity index (χ3n) is 5.03. The number of ether oxygens (including phenoxy) is 1. The van der Waals surface area contributed by atoms with E-state index in [2.05, 4.69) is 15.7 Å². The van der Waals surface area contributed by atoms with Gasteiger partial charge in [-0.2, -0.15) is 16.9 Å². The van der Waals surface area contributed by atoms with Crippen LogP contribution in [0.2, 0.25) is 0 Å². The van der Waals surface area contributed by atoms with E-state index in [-0.39, 0.29) is 18.4 Å². The molecule has 0 unspecified atom stereocenters. The summed E-state index contributed by atoms with van der Waals surface area (Å²) in [6.45, 7) is 0.438. The van der Waals surface area contributed by atoms with E-state index in [0.29, 0.717) is 12.4 Å². The molecule has 2 aromatic carbocycles. The Morgan fingerprint density at radius 2 is 1.91 bits per heavy atom. The first-order valence-corrected chi connectivity index (χ1v) is 11.4. The van der Waals surface area contributed by atoms with E-state index in [1.165, 1.54) is 6.08 Å². The number of nitrogens with one attached hydrogen (secondary N) is 2. The molecule has 32 heavy (non-hydrogen) atoms. The minimum Gasteiger partial charge on any atom is -0.497 e. The van der Waals surface area contributed by atoms with Crippen LogP contribution in [0.5, 0.6) is 5.75 Å². The maximum atomic E-state index is 12.6. The summed E-state index contributed by atoms with van der Waals surface area (Å²) in [5.74, 6) is 2.47. The zero-order valence-corrected chi connectivity index (χ0v) is 18.5. The lowest BCUT2D eigenvalue weighted by atomic mass is 10.2. The van der Waals surface area contributed by atoms with E-state index in [9.17, 15) is 9.59 Å². The highest BCUT2D eigenvalue weighted by molar-refractivity contribution is 7.98. The fourth-order valence-electron chi connectivity index (χ4n) is 3.35. The van der Waals surface area contributed by atoms with Gasteiger partial charge in [0, 0.05) is 29.7 Å². The molecule has 1 aliphatic rings. The Morgan fingerprint density at radius 1 is 1.12 bits per heavy atom. The number of carbonyl (C=O) groups is 2. The molecular weight excluding hydrogens is 424 g/mol. The van der Waals surface area contributed by atoms with Crippen LogP contribution in [0.3, 0.4) is 0 Å². The molecule has 1 aromatic heterocycles. The molecule has 0 bridgehead atoms. The van der Waals surface area contributed by atoms with Gasteiger partial charge in [-0.25, -0.2) is 4.68 Å². The van der Waals surface area contributed by atoms with E-state index in [4.69, 9.17) is 4.74 Å². The predicted molar refractivity (Wildman–Crippen MR) is 126 cm³/mol. The fourth-order valence-corrected chi connectivity index (χ4v) is 4.39. The summed E-state index contributed by atoms with van der Waals surface area (Å²) in [5, 5.41) is 10.4. The number of anilines is 1. The molecule has 2 amide bonds. The molecule has 3 aromatic rings. The van der Waals surface area contributed by atoms with Gasteiger partial charge < -0.3 is 15.4 Å². The predicted octanol–water partition coefficient (Wildman–Crippen LogP) is 3.61. The van der Waals surface area contributed by atoms with Crippen molar-refractivity contribution in [3.63, 3.8) is 0 Å². The summed E-state index contributed by atoms with van der Waals surface area (Å²) in [4.78, 5) is 25.1. The average molecular weight is 449 g/mol. The number of benzene rings is 2. The third kappa shape index (κ3) is 5.39. The highest BCUT2D eigenvalue weighted by Crippen LogP contribution is 2.34. The summed E-state index contributed by atoms with van der Waals surface area (Å²) in [5.41, 5.74) is 3.81. The first-order valence-electron chi connectivity index (χ1n) is 10.2. The lowest BCUT2D eigenvalue weighted by Crippen LogP contribution is -2.28. The van der Waals surface area contributed by atoms with Crippen LogP contribution in [0.15, 0.2) is 60.7 Å². The topological polar surface area (TPSA) is 85.2 Å². The Labute approximate surface area is 190 Å². The number of methoxy groups -OCH3 is 1. The number of aromatic nitrogens is 2. The van der Waals surface area contributed by atoms with Crippen molar-refractivity contribution in [2.24, 2.45) is 0 Å². The number of fused-ring (bicyclic) bond motifs is 1. The van der Waals surface area contributed by atoms with Crippen molar-refractivity contribution >= 4 is 35.5 Å². The highest BCUT2D eigenvalue weighted by Gasteiger charge is 2.24. The quantitative estimate of drug-likeness (QED) is 0.514. The van der Waals surface area contributed by atoms with Gasteiger partial charge in [0.2, 0.25) is 11.8 Å². The van der Waals surface area contributed by atoms with Gasteiger partial charge in [0.25, 0.3) is 0 Å². The first kappa shape index (κ1) is 21.7. The van der Waals surface area contributed by atoms with Gasteiger partial charge in [-0.15, -0.1) is 0 Å². The SMILES string of the molecule is COc1ccc(CNC(=O)Cn2nc3c(c2NC(=O)/C=C\c2ccccc2)CSC3)cc1. The molecule has 1 aliphatic heterocycles. The second-order valence-electron chi connectivity index (χ2n) is 7.28. The van der Waals surface area contributed by atoms with Gasteiger partial charge in [-0.1, -0.05) is 42.5 Å². The molecule has 0 fully saturated rings. The minimum atomic E-state index is -0.256. The van der Waals surface area contributed by atoms with E-state index < -0.39 is 0 Å². The number of rotatable bonds is 8. The maximum Gasteiger partial charge on any atom is 0.249 e. The molecule has 0 saturated heterocycles. The van der Waals surface area contributed by atoms with Crippen LogP contribution in [-0.4, -0.2) is 28.7 Å². The molecule has 164 valence electrons. The molecule has 4 rings (SSSR count). The molecular formula is C24H24N4O3S. The summed E-state index contributed by atoms with van der Waals surface area (Å²) in [6, 6.07) is 17.1. The zero-order chi connectivity index (χ0) is 22.3. The maximum absolute atomic E-state index is 12.6. The summed E-state index contributed by atoms with van der Waals surface area (Å²) >= 11 is 1.74. The first-order chi connectivity index (χ1) is 15.6. The van der Waals surface area contributed by atoms with E-state index in [1.807, 2.05) is 54.6 Å². The molecule has 8 heteroatoms. The van der Waals surface area contributed by atoms with Crippen LogP contribution in [-0.2, 0) is 34.2 Å². The lowest BCUT2D eigenvalue weighted by molar-refractivity contribution is -0.122. The van der Waals surface area contributed by atoms with Crippen LogP contribution in [0.25, 0.3) is 6.08 Å². The van der Waals surface area contributed by atoms with Crippen molar-refractivity contribution < 1.29 is 14.3 Å². The number of hydrogen-bond donors (Lipinski definition) is 2. The number of hydrogen-bond acceptors (Lipinski definition) is 5. The molecule has 0 spiro atoms. The van der Waals surface area contributed by atoms with Crippen LogP contribution in [0.4, 0.5) is 5.82 Å². The molecule has 0 atom stereocenters. The number of amides is 2. The van der Waals surface area contributed by atoms with E-state index in [0.717, 1.165) is 39.6 Å². The van der Waals surface area contributed by atoms with Crippen LogP contribution < -0.4 is 15.4 Å². The van der Waals surface area contributed by atoms with Gasteiger partial charge >= 0.3 is 0 Å². The summed E-state index contributed by atoms with van der Waals surface area (Å²) in [7, 11) is 1.62. The van der Waals surface area contributed by atoms with Crippen LogP contribution in [0.1, 0.15) is 22.4 Å². The number of nitrogens with zero attached hydrogens (tertiary/aromatic N) is 2. The van der Waals surface area contributed by atoms with Crippen LogP contribution >= 0.6 is 11.8 Å². The molecule has 7 nitrogen and oxygen atoms in total. The Morgan fingerprint density at radius 3 is 2.66 bits per heavy atom. The monoisotopic (exact) mass is 448 g/mol. The van der Waals surface area contributed by atoms with Crippen molar-refractivity contribution in [1.29, 1.82) is 0 Å². The van der Waals surface area contributed by atoms with Crippen LogP contribution in [0, 0.1) is 0 Å². The molecule has 0 aliphatic carbocycles. The van der Waals surface area contributed by atoms with Crippen molar-refractivity contribution in [2.45, 2.75) is 24.6 Å². The van der Waals surface area contributed by atoms with Gasteiger partial charge in [0.05, 0.1) is 12.8 Å². The van der Waals surface area contributed by atoms with Gasteiger partial charge in [0.15, 0.2) is 0 Å². The number of thioether (sulfide) groups is 1. The Bertz CT molecular complexity index is 1120. The average Bonchev–Trinajstić information content (AvgIpc) is 3.40. The van der Waals surface area contributed by atoms with E-state index >= 15 is 0 Å². The Kier molecular flexibility index (Phi) is 6.91. The molecule has 2 heterocycles. The van der Waals surface area contributed by atoms with Gasteiger partial charge in [-0.3, -0.25) is 9.59 Å². The molecule has 2 N–H and O–H groups in total. The number of carbonyl (C=O) groups excluding carboxylic acids is 2. The molecule has 0 saturated carbocycles. The standard InChI is InChI=1S/C24H24N4O3S/c1-31-19-10-7-18(8-11-19)13-25-23(30)14-28-24(20-15-32-16-21(20)27-28)26-22(29)12-9-17-5-3-2-4-6-17/h2-12H,13-16H2,1H3,(H,25,30)(H,26,29)/b12-9-. The zero-order valence-electron chi connectivity index (χ0n) is 17.7. The Hall–Kier alpha value is -3.52. The van der Waals surface area contributed by atoms with Gasteiger partial charge in [-0.05, 0) is 29.3 Å². The van der Waals surface area contributed by atoms with E-state index in [1.54, 1.807) is 29.6 Å². The fraction of sp³-hybridized carbons (Fsp3) is 0.208. The second kappa shape index (κ2) is 10.2. The lowest BCUT2D eigenvalue weighted by Gasteiger charge is -2.11. The molecule has 0 radical (unpaired) electrons. The summed E-state index contributed by atoms with van der Waals surface area (Å²) in [6.07, 6.45) is 3.25. The van der Waals surface area contributed by atoms with Crippen molar-refractivity contribution in [3.8, 4) is 5.75 Å². The normalized spacial score (nSPS) is 12.5. The van der Waals surface area contributed by atoms with Crippen molar-refractivity contribution in [1.82, 2.24) is 15.1 Å². The smallest absolute Gasteiger partial charge is 0.249 e. The largest absolute Gasteiger partial charge is 0.497 e. The van der Waals surface area contributed by atoms with Crippen molar-refractivity contribution in [3.05, 3.63) is 83.1 Å². The third-order valence-corrected chi connectivity index (χ3v) is 6.00. The highest BCUT2D eigenvalue weighted by atomic mass is 32.2. The van der Waals surface area contributed by atoms with Crippen molar-refractivity contribution in [2.75, 3.05) is 12.4 Å².